The summed E-state index contributed by atoms with van der Waals surface area (Å²) in [5.74, 6) is -0.466. The Morgan fingerprint density at radius 1 is 1.69 bits per heavy atom. The summed E-state index contributed by atoms with van der Waals surface area (Å²) in [6, 6.07) is -0.502. The van der Waals surface area contributed by atoms with E-state index in [0.29, 0.717) is 18.9 Å². The van der Waals surface area contributed by atoms with Crippen molar-refractivity contribution in [2.45, 2.75) is 18.9 Å². The minimum atomic E-state index is -0.831. The van der Waals surface area contributed by atoms with Gasteiger partial charge in [0.05, 0.1) is 0 Å². The Morgan fingerprint density at radius 3 is 3.15 bits per heavy atom. The fraction of sp³-hybridized carbons (Fsp3) is 0.667. The van der Waals surface area contributed by atoms with Crippen molar-refractivity contribution in [2.75, 3.05) is 11.4 Å². The van der Waals surface area contributed by atoms with Crippen LogP contribution in [0.3, 0.4) is 0 Å². The van der Waals surface area contributed by atoms with Gasteiger partial charge in [0.2, 0.25) is 0 Å². The summed E-state index contributed by atoms with van der Waals surface area (Å²) in [5.41, 5.74) is 0. The Bertz CT molecular complexity index is 298. The van der Waals surface area contributed by atoms with Crippen LogP contribution in [0.1, 0.15) is 12.8 Å². The van der Waals surface area contributed by atoms with E-state index in [1.54, 1.807) is 4.90 Å². The van der Waals surface area contributed by atoms with Crippen LogP contribution in [-0.4, -0.2) is 44.3 Å². The molecule has 1 aliphatic heterocycles. The fourth-order valence-corrected chi connectivity index (χ4v) is 1.54. The lowest BCUT2D eigenvalue weighted by Gasteiger charge is -2.17. The van der Waals surface area contributed by atoms with Crippen LogP contribution in [0, 0.1) is 0 Å². The number of nitrogens with zero attached hydrogens (tertiary/aromatic N) is 4. The number of hydrogen-bond donors (Lipinski definition) is 2. The maximum atomic E-state index is 10.8. The summed E-state index contributed by atoms with van der Waals surface area (Å²) in [7, 11) is 0. The van der Waals surface area contributed by atoms with Crippen molar-refractivity contribution in [3.05, 3.63) is 0 Å². The number of carboxylic acid groups (broad SMARTS) is 1. The number of hydrogen-bond acceptors (Lipinski definition) is 5. The molecule has 13 heavy (non-hydrogen) atoms. The molecule has 0 aliphatic carbocycles. The maximum Gasteiger partial charge on any atom is 0.326 e. The molecular formula is C6H9N5O2. The second kappa shape index (κ2) is 3.00. The third-order valence-corrected chi connectivity index (χ3v) is 2.13. The third-order valence-electron chi connectivity index (χ3n) is 2.13. The lowest BCUT2D eigenvalue weighted by Crippen LogP contribution is -2.36. The third kappa shape index (κ3) is 1.32. The zero-order chi connectivity index (χ0) is 9.26. The Balaban J connectivity index is 2.19. The second-order valence-electron chi connectivity index (χ2n) is 2.90. The van der Waals surface area contributed by atoms with E-state index in [0.717, 1.165) is 6.42 Å². The molecule has 2 N–H and O–H groups in total. The normalized spacial score (nSPS) is 22.2. The van der Waals surface area contributed by atoms with Gasteiger partial charge in [0.15, 0.2) is 0 Å². The van der Waals surface area contributed by atoms with Crippen molar-refractivity contribution < 1.29 is 9.90 Å². The highest BCUT2D eigenvalue weighted by atomic mass is 16.4. The van der Waals surface area contributed by atoms with E-state index in [-0.39, 0.29) is 0 Å². The molecule has 1 aromatic heterocycles. The van der Waals surface area contributed by atoms with Crippen molar-refractivity contribution in [3.8, 4) is 0 Å². The summed E-state index contributed by atoms with van der Waals surface area (Å²) in [6.07, 6.45) is 1.50. The van der Waals surface area contributed by atoms with E-state index in [4.69, 9.17) is 5.11 Å². The van der Waals surface area contributed by atoms with Gasteiger partial charge in [-0.2, -0.15) is 5.21 Å². The van der Waals surface area contributed by atoms with Gasteiger partial charge in [-0.15, -0.1) is 5.10 Å². The van der Waals surface area contributed by atoms with Crippen LogP contribution in [0.15, 0.2) is 0 Å². The predicted octanol–water partition coefficient (Wildman–Crippen LogP) is -0.747. The van der Waals surface area contributed by atoms with Crippen LogP contribution in [-0.2, 0) is 4.79 Å². The van der Waals surface area contributed by atoms with E-state index >= 15 is 0 Å². The number of rotatable bonds is 2. The SMILES string of the molecule is O=C(O)[C@@H]1CCCN1c1nn[nH]n1. The van der Waals surface area contributed by atoms with Gasteiger partial charge in [-0.1, -0.05) is 5.10 Å². The molecule has 2 heterocycles. The maximum absolute atomic E-state index is 10.8. The van der Waals surface area contributed by atoms with Crippen LogP contribution in [0.4, 0.5) is 5.95 Å². The van der Waals surface area contributed by atoms with Gasteiger partial charge in [0, 0.05) is 6.54 Å². The lowest BCUT2D eigenvalue weighted by molar-refractivity contribution is -0.138. The van der Waals surface area contributed by atoms with Crippen LogP contribution in [0.2, 0.25) is 0 Å². The highest BCUT2D eigenvalue weighted by Crippen LogP contribution is 2.21. The highest BCUT2D eigenvalue weighted by Gasteiger charge is 2.32. The molecule has 2 rings (SSSR count). The summed E-state index contributed by atoms with van der Waals surface area (Å²) in [6.45, 7) is 0.677. The number of aromatic amines is 1. The molecule has 7 nitrogen and oxygen atoms in total. The summed E-state index contributed by atoms with van der Waals surface area (Å²) < 4.78 is 0. The molecule has 0 radical (unpaired) electrons. The molecule has 0 aromatic carbocycles. The largest absolute Gasteiger partial charge is 0.480 e. The van der Waals surface area contributed by atoms with E-state index in [1.165, 1.54) is 0 Å². The summed E-state index contributed by atoms with van der Waals surface area (Å²) in [5, 5.41) is 22.0. The van der Waals surface area contributed by atoms with Crippen molar-refractivity contribution in [1.82, 2.24) is 20.6 Å². The summed E-state index contributed by atoms with van der Waals surface area (Å²) >= 11 is 0. The molecule has 1 atom stereocenters. The van der Waals surface area contributed by atoms with Gasteiger partial charge in [0.25, 0.3) is 5.95 Å². The van der Waals surface area contributed by atoms with Crippen molar-refractivity contribution in [2.24, 2.45) is 0 Å². The molecule has 1 aliphatic rings. The van der Waals surface area contributed by atoms with Crippen LogP contribution in [0.5, 0.6) is 0 Å². The summed E-state index contributed by atoms with van der Waals surface area (Å²) in [4.78, 5) is 12.4. The van der Waals surface area contributed by atoms with Gasteiger partial charge >= 0.3 is 5.97 Å². The smallest absolute Gasteiger partial charge is 0.326 e. The van der Waals surface area contributed by atoms with E-state index in [2.05, 4.69) is 20.6 Å². The predicted molar refractivity (Wildman–Crippen MR) is 42.2 cm³/mol. The van der Waals surface area contributed by atoms with Gasteiger partial charge in [-0.25, -0.2) is 4.79 Å². The number of tetrazole rings is 1. The molecule has 0 amide bonds. The number of H-pyrrole nitrogens is 1. The topological polar surface area (TPSA) is 95.0 Å². The average molecular weight is 183 g/mol. The van der Waals surface area contributed by atoms with E-state index in [1.807, 2.05) is 0 Å². The van der Waals surface area contributed by atoms with Crippen molar-refractivity contribution in [3.63, 3.8) is 0 Å². The quantitative estimate of drug-likeness (QED) is 0.626. The number of nitrogens with one attached hydrogen (secondary N) is 1. The minimum Gasteiger partial charge on any atom is -0.480 e. The molecule has 7 heteroatoms. The molecule has 0 bridgehead atoms. The van der Waals surface area contributed by atoms with Crippen LogP contribution in [0.25, 0.3) is 0 Å². The van der Waals surface area contributed by atoms with Gasteiger partial charge in [-0.05, 0) is 18.1 Å². The number of carbonyl (C=O) groups is 1. The highest BCUT2D eigenvalue weighted by molar-refractivity contribution is 5.77. The number of aliphatic carboxylic acids is 1. The molecule has 1 fully saturated rings. The van der Waals surface area contributed by atoms with Gasteiger partial charge in [0.1, 0.15) is 6.04 Å². The number of carboxylic acids is 1. The van der Waals surface area contributed by atoms with Crippen molar-refractivity contribution >= 4 is 11.9 Å². The zero-order valence-electron chi connectivity index (χ0n) is 6.84. The van der Waals surface area contributed by atoms with Gasteiger partial charge < -0.3 is 10.0 Å². The molecule has 0 saturated carbocycles. The van der Waals surface area contributed by atoms with Crippen molar-refractivity contribution in [1.29, 1.82) is 0 Å². The first kappa shape index (κ1) is 7.96. The number of aromatic nitrogens is 4. The molecule has 1 saturated heterocycles. The Labute approximate surface area is 73.7 Å². The zero-order valence-corrected chi connectivity index (χ0v) is 6.84. The van der Waals surface area contributed by atoms with Gasteiger partial charge in [-0.3, -0.25) is 0 Å². The molecule has 0 spiro atoms. The molecule has 70 valence electrons. The fourth-order valence-electron chi connectivity index (χ4n) is 1.54. The Morgan fingerprint density at radius 2 is 2.54 bits per heavy atom. The number of anilines is 1. The minimum absolute atomic E-state index is 0.366. The monoisotopic (exact) mass is 183 g/mol. The van der Waals surface area contributed by atoms with Crippen LogP contribution >= 0.6 is 0 Å². The Hall–Kier alpha value is -1.66. The standard InChI is InChI=1S/C6H9N5O2/c12-5(13)4-2-1-3-11(4)6-7-9-10-8-6/h4H,1-3H2,(H,12,13)(H,7,8,9,10)/t4-/m0/s1. The van der Waals surface area contributed by atoms with E-state index in [9.17, 15) is 4.79 Å². The molecule has 0 unspecified atom stereocenters. The first-order valence-electron chi connectivity index (χ1n) is 4.02. The van der Waals surface area contributed by atoms with Crippen LogP contribution < -0.4 is 4.90 Å². The first-order valence-corrected chi connectivity index (χ1v) is 4.02. The van der Waals surface area contributed by atoms with E-state index < -0.39 is 12.0 Å². The molecule has 1 aromatic rings. The Kier molecular flexibility index (Phi) is 1.84. The average Bonchev–Trinajstić information content (AvgIpc) is 2.74. The second-order valence-corrected chi connectivity index (χ2v) is 2.90. The molecular weight excluding hydrogens is 174 g/mol. The lowest BCUT2D eigenvalue weighted by atomic mass is 10.2. The first-order chi connectivity index (χ1) is 6.29.